The number of rotatable bonds is 4. The Morgan fingerprint density at radius 2 is 1.58 bits per heavy atom. The molecule has 2 N–H and O–H groups in total. The zero-order valence-corrected chi connectivity index (χ0v) is 14.1. The molecule has 0 aliphatic heterocycles. The second-order valence-electron chi connectivity index (χ2n) is 4.89. The molecule has 0 atom stereocenters. The fourth-order valence-electron chi connectivity index (χ4n) is 1.95. The molecule has 0 aliphatic rings. The third kappa shape index (κ3) is 4.75. The molecule has 0 spiro atoms. The number of nitrogens with one attached hydrogen (secondary N) is 2. The molecular weight excluding hydrogens is 342 g/mol. The summed E-state index contributed by atoms with van der Waals surface area (Å²) in [7, 11) is 0. The number of carbonyl (C=O) groups is 1. The van der Waals surface area contributed by atoms with Crippen LogP contribution in [0.4, 0.5) is 16.2 Å². The van der Waals surface area contributed by atoms with Gasteiger partial charge in [0.2, 0.25) is 0 Å². The normalized spacial score (nSPS) is 10.2. The lowest BCUT2D eigenvalue weighted by atomic mass is 10.3. The van der Waals surface area contributed by atoms with E-state index in [9.17, 15) is 4.79 Å². The van der Waals surface area contributed by atoms with Gasteiger partial charge in [0.25, 0.3) is 0 Å². The quantitative estimate of drug-likeness (QED) is 0.646. The van der Waals surface area contributed by atoms with Gasteiger partial charge in [0.05, 0.1) is 11.9 Å². The molecule has 0 saturated heterocycles. The molecule has 6 heteroatoms. The van der Waals surface area contributed by atoms with Gasteiger partial charge >= 0.3 is 6.03 Å². The number of aromatic nitrogens is 1. The molecule has 3 rings (SSSR count). The number of para-hydroxylation sites is 1. The number of urea groups is 1. The molecule has 0 bridgehead atoms. The topological polar surface area (TPSA) is 54.0 Å². The first-order valence-electron chi connectivity index (χ1n) is 7.21. The van der Waals surface area contributed by atoms with Gasteiger partial charge in [-0.15, -0.1) is 0 Å². The van der Waals surface area contributed by atoms with Crippen molar-refractivity contribution in [2.45, 2.75) is 9.92 Å². The summed E-state index contributed by atoms with van der Waals surface area (Å²) in [5.41, 5.74) is 1.36. The van der Waals surface area contributed by atoms with Gasteiger partial charge in [-0.3, -0.25) is 0 Å². The van der Waals surface area contributed by atoms with Crippen molar-refractivity contribution in [1.82, 2.24) is 4.98 Å². The van der Waals surface area contributed by atoms with Gasteiger partial charge in [-0.05, 0) is 48.5 Å². The van der Waals surface area contributed by atoms with Crippen molar-refractivity contribution < 1.29 is 4.79 Å². The highest BCUT2D eigenvalue weighted by atomic mass is 35.5. The standard InChI is InChI=1S/C18H14ClN3OS/c19-13-6-9-16(10-7-13)24-17-11-8-15(12-20-17)22-18(23)21-14-4-2-1-3-5-14/h1-12H,(H2,21,22,23). The zero-order chi connectivity index (χ0) is 16.8. The number of halogens is 1. The van der Waals surface area contributed by atoms with Crippen molar-refractivity contribution in [1.29, 1.82) is 0 Å². The summed E-state index contributed by atoms with van der Waals surface area (Å²) in [5, 5.41) is 7.05. The van der Waals surface area contributed by atoms with Crippen molar-refractivity contribution >= 4 is 40.8 Å². The molecule has 1 heterocycles. The lowest BCUT2D eigenvalue weighted by Gasteiger charge is -2.08. The maximum absolute atomic E-state index is 11.9. The Bertz CT molecular complexity index is 808. The van der Waals surface area contributed by atoms with Gasteiger partial charge in [0.15, 0.2) is 0 Å². The first kappa shape index (κ1) is 16.4. The van der Waals surface area contributed by atoms with E-state index in [1.54, 1.807) is 6.20 Å². The zero-order valence-electron chi connectivity index (χ0n) is 12.6. The minimum absolute atomic E-state index is 0.305. The van der Waals surface area contributed by atoms with Crippen molar-refractivity contribution in [2.75, 3.05) is 10.6 Å². The predicted octanol–water partition coefficient (Wildman–Crippen LogP) is 5.53. The summed E-state index contributed by atoms with van der Waals surface area (Å²) in [6.45, 7) is 0. The molecule has 24 heavy (non-hydrogen) atoms. The van der Waals surface area contributed by atoms with Crippen LogP contribution in [-0.4, -0.2) is 11.0 Å². The summed E-state index contributed by atoms with van der Waals surface area (Å²) in [4.78, 5) is 17.3. The molecule has 2 aromatic carbocycles. The highest BCUT2D eigenvalue weighted by Gasteiger charge is 2.04. The van der Waals surface area contributed by atoms with E-state index in [4.69, 9.17) is 11.6 Å². The number of amides is 2. The second-order valence-corrected chi connectivity index (χ2v) is 6.42. The Morgan fingerprint density at radius 1 is 0.875 bits per heavy atom. The van der Waals surface area contributed by atoms with Crippen LogP contribution in [0.25, 0.3) is 0 Å². The molecule has 2 amide bonds. The molecule has 0 saturated carbocycles. The summed E-state index contributed by atoms with van der Waals surface area (Å²) >= 11 is 7.40. The van der Waals surface area contributed by atoms with Crippen LogP contribution in [0.5, 0.6) is 0 Å². The monoisotopic (exact) mass is 355 g/mol. The number of hydrogen-bond donors (Lipinski definition) is 2. The molecular formula is C18H14ClN3OS. The van der Waals surface area contributed by atoms with E-state index in [1.165, 1.54) is 11.8 Å². The highest BCUT2D eigenvalue weighted by molar-refractivity contribution is 7.99. The van der Waals surface area contributed by atoms with Gasteiger partial charge in [-0.1, -0.05) is 41.6 Å². The van der Waals surface area contributed by atoms with Gasteiger partial charge in [-0.2, -0.15) is 0 Å². The van der Waals surface area contributed by atoms with Crippen molar-refractivity contribution in [3.63, 3.8) is 0 Å². The Morgan fingerprint density at radius 3 is 2.25 bits per heavy atom. The molecule has 0 aliphatic carbocycles. The van der Waals surface area contributed by atoms with Crippen LogP contribution in [0.15, 0.2) is 82.8 Å². The maximum Gasteiger partial charge on any atom is 0.323 e. The van der Waals surface area contributed by atoms with Crippen LogP contribution in [0.3, 0.4) is 0 Å². The van der Waals surface area contributed by atoms with Crippen LogP contribution in [0.1, 0.15) is 0 Å². The number of pyridine rings is 1. The van der Waals surface area contributed by atoms with E-state index in [0.29, 0.717) is 10.7 Å². The van der Waals surface area contributed by atoms with Crippen LogP contribution < -0.4 is 10.6 Å². The largest absolute Gasteiger partial charge is 0.323 e. The number of benzene rings is 2. The predicted molar refractivity (Wildman–Crippen MR) is 98.9 cm³/mol. The van der Waals surface area contributed by atoms with E-state index in [-0.39, 0.29) is 6.03 Å². The average Bonchev–Trinajstić information content (AvgIpc) is 2.59. The van der Waals surface area contributed by atoms with Crippen LogP contribution in [0.2, 0.25) is 5.02 Å². The molecule has 3 aromatic rings. The Labute approximate surface area is 149 Å². The first-order valence-corrected chi connectivity index (χ1v) is 8.41. The lowest BCUT2D eigenvalue weighted by molar-refractivity contribution is 0.262. The fraction of sp³-hybridized carbons (Fsp3) is 0. The summed E-state index contributed by atoms with van der Waals surface area (Å²) in [6.07, 6.45) is 1.63. The van der Waals surface area contributed by atoms with E-state index >= 15 is 0 Å². The Balaban J connectivity index is 1.58. The highest BCUT2D eigenvalue weighted by Crippen LogP contribution is 2.27. The summed E-state index contributed by atoms with van der Waals surface area (Å²) in [6, 6.07) is 20.2. The summed E-state index contributed by atoms with van der Waals surface area (Å²) < 4.78 is 0. The minimum atomic E-state index is -0.305. The van der Waals surface area contributed by atoms with E-state index < -0.39 is 0 Å². The number of hydrogen-bond acceptors (Lipinski definition) is 3. The second kappa shape index (κ2) is 7.86. The molecule has 0 unspecified atom stereocenters. The van der Waals surface area contributed by atoms with Gasteiger partial charge in [-0.25, -0.2) is 9.78 Å². The lowest BCUT2D eigenvalue weighted by Crippen LogP contribution is -2.19. The van der Waals surface area contributed by atoms with Crippen molar-refractivity contribution in [3.05, 3.63) is 77.9 Å². The molecule has 1 aromatic heterocycles. The van der Waals surface area contributed by atoms with Crippen molar-refractivity contribution in [3.8, 4) is 0 Å². The van der Waals surface area contributed by atoms with Gasteiger partial charge in [0, 0.05) is 15.6 Å². The van der Waals surface area contributed by atoms with Crippen LogP contribution >= 0.6 is 23.4 Å². The van der Waals surface area contributed by atoms with Crippen LogP contribution in [-0.2, 0) is 0 Å². The molecule has 4 nitrogen and oxygen atoms in total. The fourth-order valence-corrected chi connectivity index (χ4v) is 2.83. The average molecular weight is 356 g/mol. The number of carbonyl (C=O) groups excluding carboxylic acids is 1. The third-order valence-corrected chi connectivity index (χ3v) is 4.27. The molecule has 0 fully saturated rings. The SMILES string of the molecule is O=C(Nc1ccccc1)Nc1ccc(Sc2ccc(Cl)cc2)nc1. The number of anilines is 2. The summed E-state index contributed by atoms with van der Waals surface area (Å²) in [5.74, 6) is 0. The smallest absolute Gasteiger partial charge is 0.308 e. The van der Waals surface area contributed by atoms with Crippen molar-refractivity contribution in [2.24, 2.45) is 0 Å². The Kier molecular flexibility index (Phi) is 5.36. The third-order valence-electron chi connectivity index (χ3n) is 3.06. The van der Waals surface area contributed by atoms with Gasteiger partial charge < -0.3 is 10.6 Å². The molecule has 120 valence electrons. The maximum atomic E-state index is 11.9. The minimum Gasteiger partial charge on any atom is -0.308 e. The number of nitrogens with zero attached hydrogens (tertiary/aromatic N) is 1. The first-order chi connectivity index (χ1) is 11.7. The van der Waals surface area contributed by atoms with Gasteiger partial charge in [0.1, 0.15) is 5.03 Å². The van der Waals surface area contributed by atoms with Crippen LogP contribution in [0, 0.1) is 0 Å². The molecule has 0 radical (unpaired) electrons. The van der Waals surface area contributed by atoms with E-state index in [2.05, 4.69) is 15.6 Å². The van der Waals surface area contributed by atoms with E-state index in [1.807, 2.05) is 66.7 Å². The van der Waals surface area contributed by atoms with E-state index in [0.717, 1.165) is 15.6 Å². The Hall–Kier alpha value is -2.50.